The lowest BCUT2D eigenvalue weighted by Crippen LogP contribution is -2.29. The lowest BCUT2D eigenvalue weighted by molar-refractivity contribution is 0.482. The number of hydrogen-bond acceptors (Lipinski definition) is 8. The fourth-order valence-corrected chi connectivity index (χ4v) is 5.18. The molecule has 0 bridgehead atoms. The Morgan fingerprint density at radius 2 is 1.86 bits per heavy atom. The number of nitrogens with zero attached hydrogens (tertiary/aromatic N) is 6. The third-order valence-electron chi connectivity index (χ3n) is 7.22. The monoisotopic (exact) mass is 499 g/mol. The van der Waals surface area contributed by atoms with E-state index in [9.17, 15) is 4.79 Å². The Morgan fingerprint density at radius 3 is 2.56 bits per heavy atom. The van der Waals surface area contributed by atoms with E-state index in [2.05, 4.69) is 62.7 Å². The first-order chi connectivity index (χ1) is 17.5. The SMILES string of the molecule is CSc1ccc(CNc2nc3cnc(-c4c(C)ncnc4C4CC4)nc3n([C@@H](C)C3CC3)c2=O)cc1. The molecule has 1 aromatic carbocycles. The minimum atomic E-state index is -0.143. The van der Waals surface area contributed by atoms with Crippen molar-refractivity contribution in [2.24, 2.45) is 5.92 Å². The molecule has 0 unspecified atom stereocenters. The summed E-state index contributed by atoms with van der Waals surface area (Å²) in [7, 11) is 0. The molecule has 2 aliphatic carbocycles. The smallest absolute Gasteiger partial charge is 0.295 e. The molecule has 184 valence electrons. The van der Waals surface area contributed by atoms with Crippen molar-refractivity contribution in [3.05, 3.63) is 64.1 Å². The zero-order valence-electron chi connectivity index (χ0n) is 20.7. The highest BCUT2D eigenvalue weighted by atomic mass is 32.2. The third-order valence-corrected chi connectivity index (χ3v) is 7.96. The molecular formula is C27H29N7OS. The minimum absolute atomic E-state index is 0.0307. The summed E-state index contributed by atoms with van der Waals surface area (Å²) in [6.45, 7) is 4.59. The molecule has 6 rings (SSSR count). The maximum absolute atomic E-state index is 13.7. The van der Waals surface area contributed by atoms with Gasteiger partial charge in [-0.25, -0.2) is 24.9 Å². The van der Waals surface area contributed by atoms with Gasteiger partial charge in [-0.05, 0) is 69.4 Å². The molecule has 3 aromatic heterocycles. The second-order valence-electron chi connectivity index (χ2n) is 9.81. The van der Waals surface area contributed by atoms with Crippen molar-refractivity contribution in [1.29, 1.82) is 0 Å². The van der Waals surface area contributed by atoms with E-state index < -0.39 is 0 Å². The largest absolute Gasteiger partial charge is 0.361 e. The van der Waals surface area contributed by atoms with Crippen LogP contribution in [0.25, 0.3) is 22.6 Å². The van der Waals surface area contributed by atoms with Gasteiger partial charge in [0.15, 0.2) is 17.3 Å². The number of thioether (sulfide) groups is 1. The molecular weight excluding hydrogens is 470 g/mol. The lowest BCUT2D eigenvalue weighted by Gasteiger charge is -2.19. The van der Waals surface area contributed by atoms with Crippen LogP contribution in [-0.4, -0.2) is 35.7 Å². The predicted molar refractivity (Wildman–Crippen MR) is 142 cm³/mol. The second kappa shape index (κ2) is 9.28. The van der Waals surface area contributed by atoms with Gasteiger partial charge in [-0.3, -0.25) is 9.36 Å². The number of hydrogen-bond donors (Lipinski definition) is 1. The molecule has 1 atom stereocenters. The highest BCUT2D eigenvalue weighted by Crippen LogP contribution is 2.43. The van der Waals surface area contributed by atoms with E-state index >= 15 is 0 Å². The fraction of sp³-hybridized carbons (Fsp3) is 0.407. The van der Waals surface area contributed by atoms with Crippen molar-refractivity contribution in [2.75, 3.05) is 11.6 Å². The van der Waals surface area contributed by atoms with Gasteiger partial charge < -0.3 is 5.32 Å². The Kier molecular flexibility index (Phi) is 5.95. The van der Waals surface area contributed by atoms with Crippen LogP contribution in [0.4, 0.5) is 5.82 Å². The zero-order chi connectivity index (χ0) is 24.8. The normalized spacial score (nSPS) is 16.3. The van der Waals surface area contributed by atoms with Crippen LogP contribution < -0.4 is 10.9 Å². The van der Waals surface area contributed by atoms with E-state index in [-0.39, 0.29) is 11.6 Å². The Hall–Kier alpha value is -3.33. The number of aromatic nitrogens is 6. The summed E-state index contributed by atoms with van der Waals surface area (Å²) in [6, 6.07) is 8.35. The summed E-state index contributed by atoms with van der Waals surface area (Å²) in [4.78, 5) is 38.2. The third kappa shape index (κ3) is 4.36. The van der Waals surface area contributed by atoms with Gasteiger partial charge >= 0.3 is 0 Å². The second-order valence-corrected chi connectivity index (χ2v) is 10.7. The molecule has 3 heterocycles. The number of rotatable bonds is 8. The number of fused-ring (bicyclic) bond motifs is 1. The summed E-state index contributed by atoms with van der Waals surface area (Å²) in [6.07, 6.45) is 9.90. The van der Waals surface area contributed by atoms with E-state index in [1.807, 2.05) is 11.5 Å². The molecule has 0 radical (unpaired) electrons. The van der Waals surface area contributed by atoms with Gasteiger partial charge in [-0.15, -0.1) is 11.8 Å². The maximum Gasteiger partial charge on any atom is 0.295 e. The standard InChI is InChI=1S/C27H29N7OS/c1-15-22(23(19-8-9-19)31-14-30-15)24-29-13-21-26(33-24)34(16(2)18-6-7-18)27(35)25(32-21)28-12-17-4-10-20(36-3)11-5-17/h4-5,10-11,13-14,16,18-19H,6-9,12H2,1-3H3,(H,28,32)/t16-/m0/s1. The number of benzene rings is 1. The molecule has 2 fully saturated rings. The Bertz CT molecular complexity index is 1490. The van der Waals surface area contributed by atoms with Crippen molar-refractivity contribution >= 4 is 28.7 Å². The summed E-state index contributed by atoms with van der Waals surface area (Å²) < 4.78 is 1.82. The van der Waals surface area contributed by atoms with Crippen molar-refractivity contribution in [3.8, 4) is 11.4 Å². The zero-order valence-corrected chi connectivity index (χ0v) is 21.5. The molecule has 8 nitrogen and oxygen atoms in total. The molecule has 0 spiro atoms. The minimum Gasteiger partial charge on any atom is -0.361 e. The maximum atomic E-state index is 13.7. The average molecular weight is 500 g/mol. The van der Waals surface area contributed by atoms with Gasteiger partial charge in [0.25, 0.3) is 5.56 Å². The van der Waals surface area contributed by atoms with Gasteiger partial charge in [0.1, 0.15) is 11.8 Å². The van der Waals surface area contributed by atoms with Crippen molar-refractivity contribution in [2.45, 2.75) is 62.9 Å². The van der Waals surface area contributed by atoms with Gasteiger partial charge in [0.05, 0.1) is 23.1 Å². The first kappa shape index (κ1) is 23.1. The van der Waals surface area contributed by atoms with Crippen LogP contribution in [0.3, 0.4) is 0 Å². The van der Waals surface area contributed by atoms with Crippen molar-refractivity contribution < 1.29 is 0 Å². The van der Waals surface area contributed by atoms with Crippen LogP contribution >= 0.6 is 11.8 Å². The van der Waals surface area contributed by atoms with E-state index in [1.54, 1.807) is 24.3 Å². The highest BCUT2D eigenvalue weighted by molar-refractivity contribution is 7.98. The fourth-order valence-electron chi connectivity index (χ4n) is 4.77. The quantitative estimate of drug-likeness (QED) is 0.333. The molecule has 36 heavy (non-hydrogen) atoms. The molecule has 2 saturated carbocycles. The molecule has 0 amide bonds. The summed E-state index contributed by atoms with van der Waals surface area (Å²) >= 11 is 1.71. The average Bonchev–Trinajstić information content (AvgIpc) is 3.80. The van der Waals surface area contributed by atoms with Crippen LogP contribution in [0.15, 0.2) is 46.5 Å². The van der Waals surface area contributed by atoms with Gasteiger partial charge in [0, 0.05) is 23.4 Å². The first-order valence-corrected chi connectivity index (χ1v) is 13.7. The van der Waals surface area contributed by atoms with Crippen LogP contribution in [0.1, 0.15) is 61.5 Å². The van der Waals surface area contributed by atoms with Gasteiger partial charge in [0.2, 0.25) is 0 Å². The van der Waals surface area contributed by atoms with Crippen LogP contribution in [0.2, 0.25) is 0 Å². The van der Waals surface area contributed by atoms with Crippen molar-refractivity contribution in [3.63, 3.8) is 0 Å². The molecule has 9 heteroatoms. The van der Waals surface area contributed by atoms with E-state index in [0.717, 1.165) is 48.2 Å². The predicted octanol–water partition coefficient (Wildman–Crippen LogP) is 5.13. The number of anilines is 1. The van der Waals surface area contributed by atoms with Crippen molar-refractivity contribution in [1.82, 2.24) is 29.5 Å². The molecule has 4 aromatic rings. The highest BCUT2D eigenvalue weighted by Gasteiger charge is 2.33. The molecule has 1 N–H and O–H groups in total. The molecule has 2 aliphatic rings. The number of nitrogens with one attached hydrogen (secondary N) is 1. The van der Waals surface area contributed by atoms with E-state index in [0.29, 0.717) is 41.2 Å². The van der Waals surface area contributed by atoms with Crippen LogP contribution in [0.5, 0.6) is 0 Å². The topological polar surface area (TPSA) is 98.5 Å². The summed E-state index contributed by atoms with van der Waals surface area (Å²) in [5.41, 5.74) is 4.87. The lowest BCUT2D eigenvalue weighted by atomic mass is 10.1. The van der Waals surface area contributed by atoms with Gasteiger partial charge in [-0.1, -0.05) is 12.1 Å². The van der Waals surface area contributed by atoms with Crippen LogP contribution in [0, 0.1) is 12.8 Å². The summed E-state index contributed by atoms with van der Waals surface area (Å²) in [5, 5.41) is 3.27. The Morgan fingerprint density at radius 1 is 1.08 bits per heavy atom. The Balaban J connectivity index is 1.43. The molecule has 0 aliphatic heterocycles. The van der Waals surface area contributed by atoms with Crippen LogP contribution in [-0.2, 0) is 6.54 Å². The van der Waals surface area contributed by atoms with E-state index in [4.69, 9.17) is 4.98 Å². The summed E-state index contributed by atoms with van der Waals surface area (Å²) in [5.74, 6) is 1.80. The molecule has 0 saturated heterocycles. The Labute approximate surface area is 214 Å². The van der Waals surface area contributed by atoms with E-state index in [1.165, 1.54) is 4.90 Å². The number of aryl methyl sites for hydroxylation is 1. The first-order valence-electron chi connectivity index (χ1n) is 12.5. The van der Waals surface area contributed by atoms with Gasteiger partial charge in [-0.2, -0.15) is 0 Å².